The first-order valence-corrected chi connectivity index (χ1v) is 7.17. The van der Waals surface area contributed by atoms with Gasteiger partial charge in [0.2, 0.25) is 0 Å². The fourth-order valence-electron chi connectivity index (χ4n) is 2.72. The van der Waals surface area contributed by atoms with Crippen LogP contribution < -0.4 is 5.32 Å². The number of hydrogen-bond donors (Lipinski definition) is 3. The highest BCUT2D eigenvalue weighted by Gasteiger charge is 2.37. The van der Waals surface area contributed by atoms with Crippen LogP contribution in [0.2, 0.25) is 0 Å². The SMILES string of the molecule is CCCC(C)(C)NC(=O)N1Cc2[nH]cnc2CC1C(=O)O. The molecule has 0 aliphatic carbocycles. The van der Waals surface area contributed by atoms with E-state index < -0.39 is 12.0 Å². The van der Waals surface area contributed by atoms with E-state index in [0.717, 1.165) is 24.2 Å². The van der Waals surface area contributed by atoms with Crippen LogP contribution in [0.15, 0.2) is 6.33 Å². The van der Waals surface area contributed by atoms with Gasteiger partial charge in [-0.3, -0.25) is 0 Å². The average molecular weight is 294 g/mol. The molecule has 0 saturated heterocycles. The zero-order chi connectivity index (χ0) is 15.6. The van der Waals surface area contributed by atoms with Crippen molar-refractivity contribution in [1.82, 2.24) is 20.2 Å². The van der Waals surface area contributed by atoms with Crippen molar-refractivity contribution in [2.24, 2.45) is 0 Å². The summed E-state index contributed by atoms with van der Waals surface area (Å²) in [5, 5.41) is 12.3. The van der Waals surface area contributed by atoms with Gasteiger partial charge in [-0.25, -0.2) is 14.6 Å². The molecule has 21 heavy (non-hydrogen) atoms. The Morgan fingerprint density at radius 1 is 1.57 bits per heavy atom. The van der Waals surface area contributed by atoms with E-state index in [1.165, 1.54) is 11.2 Å². The number of carboxylic acids is 1. The predicted molar refractivity (Wildman–Crippen MR) is 76.8 cm³/mol. The van der Waals surface area contributed by atoms with E-state index in [1.54, 1.807) is 0 Å². The molecule has 2 heterocycles. The van der Waals surface area contributed by atoms with Crippen molar-refractivity contribution >= 4 is 12.0 Å². The Balaban J connectivity index is 2.16. The van der Waals surface area contributed by atoms with Crippen LogP contribution in [0.1, 0.15) is 45.0 Å². The summed E-state index contributed by atoms with van der Waals surface area (Å²) in [6.07, 6.45) is 3.54. The van der Waals surface area contributed by atoms with E-state index in [-0.39, 0.29) is 24.5 Å². The summed E-state index contributed by atoms with van der Waals surface area (Å²) in [6, 6.07) is -1.22. The minimum absolute atomic E-state index is 0.232. The second-order valence-corrected chi connectivity index (χ2v) is 6.08. The number of rotatable bonds is 4. The number of aromatic nitrogens is 2. The molecule has 3 N–H and O–H groups in total. The number of hydrogen-bond acceptors (Lipinski definition) is 3. The lowest BCUT2D eigenvalue weighted by molar-refractivity contribution is -0.142. The Morgan fingerprint density at radius 2 is 2.29 bits per heavy atom. The van der Waals surface area contributed by atoms with Gasteiger partial charge in [0.05, 0.1) is 24.3 Å². The third kappa shape index (κ3) is 3.34. The molecule has 2 amide bonds. The summed E-state index contributed by atoms with van der Waals surface area (Å²) >= 11 is 0. The van der Waals surface area contributed by atoms with Gasteiger partial charge in [-0.1, -0.05) is 13.3 Å². The van der Waals surface area contributed by atoms with Gasteiger partial charge in [0.1, 0.15) is 6.04 Å². The van der Waals surface area contributed by atoms with Crippen LogP contribution in [0.3, 0.4) is 0 Å². The number of nitrogens with zero attached hydrogens (tertiary/aromatic N) is 2. The lowest BCUT2D eigenvalue weighted by Crippen LogP contribution is -2.56. The number of carbonyl (C=O) groups is 2. The molecule has 0 aromatic carbocycles. The van der Waals surface area contributed by atoms with Crippen molar-refractivity contribution in [2.75, 3.05) is 0 Å². The molecular weight excluding hydrogens is 272 g/mol. The van der Waals surface area contributed by atoms with Crippen molar-refractivity contribution in [3.05, 3.63) is 17.7 Å². The summed E-state index contributed by atoms with van der Waals surface area (Å²) in [6.45, 7) is 6.16. The van der Waals surface area contributed by atoms with Crippen LogP contribution in [0.5, 0.6) is 0 Å². The standard InChI is InChI=1S/C14H22N4O3/c1-4-5-14(2,3)17-13(21)18-7-10-9(15-8-16-10)6-11(18)12(19)20/h8,11H,4-7H2,1-3H3,(H,15,16)(H,17,21)(H,19,20). The third-order valence-corrected chi connectivity index (χ3v) is 3.77. The maximum absolute atomic E-state index is 12.5. The van der Waals surface area contributed by atoms with Crippen molar-refractivity contribution < 1.29 is 14.7 Å². The molecule has 0 radical (unpaired) electrons. The van der Waals surface area contributed by atoms with Crippen molar-refractivity contribution in [1.29, 1.82) is 0 Å². The smallest absolute Gasteiger partial charge is 0.326 e. The monoisotopic (exact) mass is 294 g/mol. The van der Waals surface area contributed by atoms with Gasteiger partial charge in [0.25, 0.3) is 0 Å². The van der Waals surface area contributed by atoms with Crippen molar-refractivity contribution in [3.63, 3.8) is 0 Å². The fourth-order valence-corrected chi connectivity index (χ4v) is 2.72. The number of amides is 2. The molecule has 1 aromatic rings. The molecule has 0 saturated carbocycles. The maximum Gasteiger partial charge on any atom is 0.326 e. The quantitative estimate of drug-likeness (QED) is 0.784. The Bertz CT molecular complexity index is 538. The molecule has 1 aromatic heterocycles. The molecule has 0 spiro atoms. The zero-order valence-corrected chi connectivity index (χ0v) is 12.6. The minimum Gasteiger partial charge on any atom is -0.480 e. The lowest BCUT2D eigenvalue weighted by Gasteiger charge is -2.35. The van der Waals surface area contributed by atoms with Crippen LogP contribution in [-0.4, -0.2) is 43.6 Å². The number of aromatic amines is 1. The van der Waals surface area contributed by atoms with Gasteiger partial charge in [0, 0.05) is 12.0 Å². The van der Waals surface area contributed by atoms with Gasteiger partial charge >= 0.3 is 12.0 Å². The second-order valence-electron chi connectivity index (χ2n) is 6.08. The number of nitrogens with one attached hydrogen (secondary N) is 2. The lowest BCUT2D eigenvalue weighted by atomic mass is 9.98. The molecule has 1 atom stereocenters. The number of fused-ring (bicyclic) bond motifs is 1. The van der Waals surface area contributed by atoms with E-state index in [4.69, 9.17) is 0 Å². The van der Waals surface area contributed by atoms with E-state index in [2.05, 4.69) is 15.3 Å². The van der Waals surface area contributed by atoms with E-state index in [1.807, 2.05) is 20.8 Å². The summed E-state index contributed by atoms with van der Waals surface area (Å²) < 4.78 is 0. The van der Waals surface area contributed by atoms with Gasteiger partial charge in [0.15, 0.2) is 0 Å². The van der Waals surface area contributed by atoms with Gasteiger partial charge in [-0.05, 0) is 20.3 Å². The third-order valence-electron chi connectivity index (χ3n) is 3.77. The first kappa shape index (κ1) is 15.3. The minimum atomic E-state index is -1.01. The molecular formula is C14H22N4O3. The van der Waals surface area contributed by atoms with Crippen molar-refractivity contribution in [2.45, 2.75) is 58.2 Å². The van der Waals surface area contributed by atoms with Gasteiger partial charge < -0.3 is 20.3 Å². The van der Waals surface area contributed by atoms with Crippen LogP contribution in [-0.2, 0) is 17.8 Å². The summed E-state index contributed by atoms with van der Waals surface area (Å²) in [5.41, 5.74) is 1.17. The van der Waals surface area contributed by atoms with E-state index >= 15 is 0 Å². The molecule has 1 unspecified atom stereocenters. The molecule has 2 rings (SSSR count). The molecule has 116 valence electrons. The fraction of sp³-hybridized carbons (Fsp3) is 0.643. The maximum atomic E-state index is 12.5. The number of imidazole rings is 1. The average Bonchev–Trinajstić information content (AvgIpc) is 2.83. The number of carboxylic acid groups (broad SMARTS) is 1. The highest BCUT2D eigenvalue weighted by atomic mass is 16.4. The predicted octanol–water partition coefficient (Wildman–Crippen LogP) is 1.51. The van der Waals surface area contributed by atoms with Crippen molar-refractivity contribution in [3.8, 4) is 0 Å². The van der Waals surface area contributed by atoms with Gasteiger partial charge in [-0.15, -0.1) is 0 Å². The van der Waals surface area contributed by atoms with Crippen LogP contribution >= 0.6 is 0 Å². The highest BCUT2D eigenvalue weighted by molar-refractivity contribution is 5.83. The topological polar surface area (TPSA) is 98.3 Å². The second kappa shape index (κ2) is 5.75. The molecule has 0 bridgehead atoms. The molecule has 1 aliphatic heterocycles. The number of aliphatic carboxylic acids is 1. The summed E-state index contributed by atoms with van der Waals surface area (Å²) in [4.78, 5) is 32.3. The summed E-state index contributed by atoms with van der Waals surface area (Å²) in [7, 11) is 0. The van der Waals surface area contributed by atoms with Gasteiger partial charge in [-0.2, -0.15) is 0 Å². The molecule has 7 heteroatoms. The van der Waals surface area contributed by atoms with Crippen LogP contribution in [0.4, 0.5) is 4.79 Å². The molecule has 1 aliphatic rings. The molecule has 0 fully saturated rings. The Hall–Kier alpha value is -2.05. The number of H-pyrrole nitrogens is 1. The Labute approximate surface area is 123 Å². The first-order valence-electron chi connectivity index (χ1n) is 7.17. The van der Waals surface area contributed by atoms with Crippen LogP contribution in [0.25, 0.3) is 0 Å². The largest absolute Gasteiger partial charge is 0.480 e. The normalized spacial score (nSPS) is 18.2. The first-order chi connectivity index (χ1) is 9.84. The Morgan fingerprint density at radius 3 is 2.90 bits per heavy atom. The number of urea groups is 1. The zero-order valence-electron chi connectivity index (χ0n) is 12.6. The highest BCUT2D eigenvalue weighted by Crippen LogP contribution is 2.22. The summed E-state index contributed by atoms with van der Waals surface area (Å²) in [5.74, 6) is -1.01. The van der Waals surface area contributed by atoms with Crippen LogP contribution in [0, 0.1) is 0 Å². The number of carbonyl (C=O) groups excluding carboxylic acids is 1. The molecule has 7 nitrogen and oxygen atoms in total. The van der Waals surface area contributed by atoms with E-state index in [0.29, 0.717) is 0 Å². The Kier molecular flexibility index (Phi) is 4.20. The van der Waals surface area contributed by atoms with E-state index in [9.17, 15) is 14.7 Å².